The maximum absolute atomic E-state index is 12.7. The molecule has 14 nitrogen and oxygen atoms in total. The summed E-state index contributed by atoms with van der Waals surface area (Å²) in [7, 11) is -7.23. The van der Waals surface area contributed by atoms with E-state index in [0.717, 1.165) is 68.3 Å². The number of hydrogen-bond donors (Lipinski definition) is 5. The number of carboxylic acids is 4. The third-order valence-electron chi connectivity index (χ3n) is 15.5. The van der Waals surface area contributed by atoms with Crippen LogP contribution in [0.4, 0.5) is 5.69 Å². The Balaban J connectivity index is 0.000000174. The molecule has 0 saturated heterocycles. The van der Waals surface area contributed by atoms with Gasteiger partial charge in [-0.2, -0.15) is 0 Å². The molecule has 0 radical (unpaired) electrons. The van der Waals surface area contributed by atoms with Gasteiger partial charge in [-0.15, -0.1) is 47.0 Å². The molecular weight excluding hydrogens is 1400 g/mol. The summed E-state index contributed by atoms with van der Waals surface area (Å²) in [6.07, 6.45) is 3.71. The average Bonchev–Trinajstić information content (AvgIpc) is 0.818. The lowest BCUT2D eigenvalue weighted by Crippen LogP contribution is -2.10. The minimum absolute atomic E-state index is 0.0203. The maximum atomic E-state index is 12.7. The zero-order chi connectivity index (χ0) is 72.7. The highest BCUT2D eigenvalue weighted by Crippen LogP contribution is 2.30. The van der Waals surface area contributed by atoms with E-state index in [-0.39, 0.29) is 55.8 Å². The number of thioether (sulfide) groups is 4. The summed E-state index contributed by atoms with van der Waals surface area (Å²) < 4.78 is 50.6. The summed E-state index contributed by atoms with van der Waals surface area (Å²) >= 11 is 6.40. The lowest BCUT2D eigenvalue weighted by molar-refractivity contribution is 0.0684. The number of nitrogens with two attached hydrogens (primary N) is 1. The molecule has 0 spiro atoms. The van der Waals surface area contributed by atoms with Gasteiger partial charge in [-0.05, 0) is 150 Å². The number of anilines is 1. The van der Waals surface area contributed by atoms with Gasteiger partial charge in [-0.25, -0.2) is 36.0 Å². The first-order valence-corrected chi connectivity index (χ1v) is 39.5. The number of benzene rings is 11. The van der Waals surface area contributed by atoms with Crippen LogP contribution in [-0.2, 0) is 63.3 Å². The van der Waals surface area contributed by atoms with Crippen LogP contribution in [0.3, 0.4) is 0 Å². The molecule has 0 aromatic heterocycles. The van der Waals surface area contributed by atoms with Gasteiger partial charge in [0.1, 0.15) is 0 Å². The second kappa shape index (κ2) is 39.9. The lowest BCUT2D eigenvalue weighted by Gasteiger charge is -2.10. The van der Waals surface area contributed by atoms with Gasteiger partial charge < -0.3 is 26.2 Å². The summed E-state index contributed by atoms with van der Waals surface area (Å²) in [6, 6.07) is 86.0. The Hall–Kier alpha value is -9.93. The molecule has 102 heavy (non-hydrogen) atoms. The first-order chi connectivity index (χ1) is 49.2. The summed E-state index contributed by atoms with van der Waals surface area (Å²) in [6.45, 7) is 0. The Morgan fingerprint density at radius 1 is 0.304 bits per heavy atom. The summed E-state index contributed by atoms with van der Waals surface area (Å²) in [4.78, 5) is 62.2. The number of sulfone groups is 2. The number of carboxylic acid groups (broad SMARTS) is 4. The van der Waals surface area contributed by atoms with Gasteiger partial charge in [0.2, 0.25) is 0 Å². The van der Waals surface area contributed by atoms with Crippen molar-refractivity contribution in [2.75, 3.05) is 28.7 Å². The van der Waals surface area contributed by atoms with E-state index in [9.17, 15) is 56.1 Å². The molecule has 11 aromatic rings. The summed E-state index contributed by atoms with van der Waals surface area (Å²) in [5.41, 5.74) is 13.1. The number of Topliss-reactive ketones (excluding diaryl/α,β-unsaturated/α-hetero) is 1. The van der Waals surface area contributed by atoms with Crippen molar-refractivity contribution >= 4 is 102 Å². The van der Waals surface area contributed by atoms with E-state index in [1.54, 1.807) is 162 Å². The van der Waals surface area contributed by atoms with Crippen molar-refractivity contribution in [2.45, 2.75) is 73.0 Å². The predicted octanol–water partition coefficient (Wildman–Crippen LogP) is 17.8. The Labute approximate surface area is 612 Å². The second-order valence-corrected chi connectivity index (χ2v) is 31.5. The molecule has 0 bridgehead atoms. The van der Waals surface area contributed by atoms with Crippen LogP contribution in [0.2, 0.25) is 0 Å². The lowest BCUT2D eigenvalue weighted by atomic mass is 9.99. The molecule has 6 N–H and O–H groups in total. The van der Waals surface area contributed by atoms with Crippen LogP contribution in [0.15, 0.2) is 314 Å². The van der Waals surface area contributed by atoms with Gasteiger partial charge in [0.25, 0.3) is 0 Å². The van der Waals surface area contributed by atoms with Gasteiger partial charge in [-0.3, -0.25) is 4.79 Å². The van der Waals surface area contributed by atoms with Crippen LogP contribution >= 0.6 is 47.0 Å². The Morgan fingerprint density at radius 2 is 0.598 bits per heavy atom. The molecule has 0 aliphatic heterocycles. The molecule has 0 amide bonds. The third-order valence-corrected chi connectivity index (χ3v) is 22.9. The van der Waals surface area contributed by atoms with Crippen molar-refractivity contribution in [3.05, 3.63) is 352 Å². The zero-order valence-electron chi connectivity index (χ0n) is 55.4. The van der Waals surface area contributed by atoms with Crippen LogP contribution in [0.1, 0.15) is 90.7 Å². The predicted molar refractivity (Wildman–Crippen MR) is 411 cm³/mol. The van der Waals surface area contributed by atoms with E-state index in [0.29, 0.717) is 27.9 Å². The van der Waals surface area contributed by atoms with Crippen molar-refractivity contribution in [1.82, 2.24) is 0 Å². The van der Waals surface area contributed by atoms with Crippen LogP contribution in [0, 0.1) is 0 Å². The summed E-state index contributed by atoms with van der Waals surface area (Å²) in [5, 5.41) is 37.6. The molecule has 11 rings (SSSR count). The standard InChI is InChI=1S/C23H20O3S.2C22H20O4S2.C15H15NO2S/c24-22(18-9-5-2-6-10-18)15-19-11-12-20(16-21(19)23(25)26)27-14-13-17-7-3-1-4-8-17;23-22(24)21-12-11-19(27-14-13-17-7-3-1-4-8-17)15-18(21)16-28(25,26)20-9-5-2-6-10-20;23-22(24)21-15-19(27-14-13-17-7-3-1-4-8-17)12-11-18(21)16-28(25,26)20-9-5-2-6-10-20;16-14-7-6-12(10-13(14)15(17)18)19-9-8-11-4-2-1-3-5-11/h1-12,16H,13-15H2,(H,25,26);2*1-12,15H,13-14,16H2,(H,23,24);1-7,10H,8-9,16H2,(H,17,18). The first kappa shape index (κ1) is 77.8. The Morgan fingerprint density at radius 3 is 0.971 bits per heavy atom. The van der Waals surface area contributed by atoms with E-state index in [1.165, 1.54) is 52.6 Å². The van der Waals surface area contributed by atoms with Gasteiger partial charge in [0.15, 0.2) is 25.5 Å². The van der Waals surface area contributed by atoms with Crippen molar-refractivity contribution in [3.63, 3.8) is 0 Å². The average molecular weight is 1470 g/mol. The molecule has 0 unspecified atom stereocenters. The van der Waals surface area contributed by atoms with Gasteiger partial charge in [0.05, 0.1) is 43.6 Å². The molecule has 0 heterocycles. The van der Waals surface area contributed by atoms with Crippen LogP contribution in [-0.4, -0.2) is 89.9 Å². The van der Waals surface area contributed by atoms with Gasteiger partial charge in [-0.1, -0.05) is 200 Å². The molecule has 11 aromatic carbocycles. The molecule has 0 atom stereocenters. The number of aryl methyl sites for hydroxylation is 4. The largest absolute Gasteiger partial charge is 0.478 e. The number of carbonyl (C=O) groups excluding carboxylic acids is 1. The zero-order valence-corrected chi connectivity index (χ0v) is 60.3. The minimum Gasteiger partial charge on any atom is -0.478 e. The quantitative estimate of drug-likeness (QED) is 0.0166. The minimum atomic E-state index is -3.62. The van der Waals surface area contributed by atoms with Crippen LogP contribution in [0.25, 0.3) is 0 Å². The van der Waals surface area contributed by atoms with Crippen LogP contribution in [0.5, 0.6) is 0 Å². The fourth-order valence-electron chi connectivity index (χ4n) is 10.2. The highest BCUT2D eigenvalue weighted by molar-refractivity contribution is 8.00. The van der Waals surface area contributed by atoms with Crippen LogP contribution < -0.4 is 5.73 Å². The maximum Gasteiger partial charge on any atom is 0.337 e. The normalized spacial score (nSPS) is 10.9. The highest BCUT2D eigenvalue weighted by Gasteiger charge is 2.23. The molecule has 0 saturated carbocycles. The SMILES string of the molecule is Nc1ccc(SCCc2ccccc2)cc1C(=O)O.O=C(Cc1ccc(SCCc2ccccc2)cc1C(=O)O)c1ccccc1.O=C(O)c1cc(SCCc2ccccc2)ccc1CS(=O)(=O)c1ccccc1.O=C(O)c1ccc(SCCc2ccccc2)cc1CS(=O)(=O)c1ccccc1. The van der Waals surface area contributed by atoms with Gasteiger partial charge >= 0.3 is 23.9 Å². The van der Waals surface area contributed by atoms with Crippen molar-refractivity contribution in [2.24, 2.45) is 0 Å². The van der Waals surface area contributed by atoms with Gasteiger partial charge in [0, 0.05) is 60.3 Å². The number of carbonyl (C=O) groups is 5. The topological polar surface area (TPSA) is 261 Å². The van der Waals surface area contributed by atoms with Crippen molar-refractivity contribution < 1.29 is 61.2 Å². The molecule has 0 aliphatic rings. The molecule has 20 heteroatoms. The van der Waals surface area contributed by atoms with E-state index < -0.39 is 43.6 Å². The van der Waals surface area contributed by atoms with E-state index in [2.05, 4.69) is 48.5 Å². The van der Waals surface area contributed by atoms with E-state index >= 15 is 0 Å². The molecule has 0 aliphatic carbocycles. The van der Waals surface area contributed by atoms with E-state index in [4.69, 9.17) is 10.8 Å². The highest BCUT2D eigenvalue weighted by atomic mass is 32.2. The van der Waals surface area contributed by atoms with Crippen molar-refractivity contribution in [3.8, 4) is 0 Å². The number of rotatable bonds is 29. The summed E-state index contributed by atoms with van der Waals surface area (Å²) in [5.74, 6) is -1.59. The Bertz CT molecular complexity index is 4790. The molecule has 0 fully saturated rings. The molecular formula is C82H75NO13S6. The number of hydrogen-bond acceptors (Lipinski definition) is 14. The van der Waals surface area contributed by atoms with E-state index in [1.807, 2.05) is 91.0 Å². The number of ketones is 1. The fraction of sp³-hybridized carbons (Fsp3) is 0.134. The third kappa shape index (κ3) is 25.3. The first-order valence-electron chi connectivity index (χ1n) is 32.2. The fourth-order valence-corrected chi connectivity index (χ4v) is 16.8. The Kier molecular flexibility index (Phi) is 30.4. The smallest absolute Gasteiger partial charge is 0.337 e. The monoisotopic (exact) mass is 1470 g/mol. The molecule has 522 valence electrons. The number of aromatic carboxylic acids is 4. The second-order valence-electron chi connectivity index (χ2n) is 22.9. The van der Waals surface area contributed by atoms with Crippen molar-refractivity contribution in [1.29, 1.82) is 0 Å². The number of nitrogen functional groups attached to an aromatic ring is 1.